The van der Waals surface area contributed by atoms with E-state index in [4.69, 9.17) is 4.74 Å². The number of piperidine rings is 1. The molecule has 1 saturated heterocycles. The van der Waals surface area contributed by atoms with Crippen LogP contribution in [0.25, 0.3) is 0 Å². The zero-order valence-corrected chi connectivity index (χ0v) is 16.4. The van der Waals surface area contributed by atoms with Gasteiger partial charge in [-0.1, -0.05) is 18.2 Å². The fourth-order valence-electron chi connectivity index (χ4n) is 3.42. The number of hydrogen-bond donors (Lipinski definition) is 2. The second-order valence-electron chi connectivity index (χ2n) is 7.08. The Hall–Kier alpha value is -2.86. The van der Waals surface area contributed by atoms with Gasteiger partial charge >= 0.3 is 0 Å². The number of hydrogen-bond acceptors (Lipinski definition) is 4. The summed E-state index contributed by atoms with van der Waals surface area (Å²) in [4.78, 5) is 27.3. The van der Waals surface area contributed by atoms with Gasteiger partial charge in [0.05, 0.1) is 19.1 Å². The van der Waals surface area contributed by atoms with E-state index >= 15 is 0 Å². The second-order valence-corrected chi connectivity index (χ2v) is 7.08. The first-order chi connectivity index (χ1) is 13.6. The van der Waals surface area contributed by atoms with Crippen LogP contribution in [0.2, 0.25) is 0 Å². The van der Waals surface area contributed by atoms with Crippen molar-refractivity contribution in [2.45, 2.75) is 25.8 Å². The quantitative estimate of drug-likeness (QED) is 0.805. The molecule has 1 fully saturated rings. The summed E-state index contributed by atoms with van der Waals surface area (Å²) in [6.07, 6.45) is 1.73. The molecule has 0 aromatic heterocycles. The number of para-hydroxylation sites is 1. The molecular formula is C22H27N3O3. The number of methoxy groups -OCH3 is 1. The van der Waals surface area contributed by atoms with Crippen LogP contribution in [0.4, 0.5) is 11.4 Å². The molecule has 2 amide bonds. The van der Waals surface area contributed by atoms with E-state index < -0.39 is 0 Å². The number of nitrogens with zero attached hydrogens (tertiary/aromatic N) is 1. The third kappa shape index (κ3) is 5.10. The Morgan fingerprint density at radius 2 is 1.71 bits per heavy atom. The summed E-state index contributed by atoms with van der Waals surface area (Å²) in [6.45, 7) is 3.28. The Morgan fingerprint density at radius 1 is 1.04 bits per heavy atom. The second kappa shape index (κ2) is 9.37. The van der Waals surface area contributed by atoms with Gasteiger partial charge in [-0.15, -0.1) is 0 Å². The number of rotatable bonds is 6. The van der Waals surface area contributed by atoms with Crippen molar-refractivity contribution in [1.82, 2.24) is 4.90 Å². The lowest BCUT2D eigenvalue weighted by Gasteiger charge is -2.35. The molecule has 2 N–H and O–H groups in total. The highest BCUT2D eigenvalue weighted by atomic mass is 16.5. The fourth-order valence-corrected chi connectivity index (χ4v) is 3.42. The minimum atomic E-state index is -0.311. The Balaban J connectivity index is 1.56. The van der Waals surface area contributed by atoms with Crippen LogP contribution in [0.15, 0.2) is 54.6 Å². The molecule has 1 heterocycles. The van der Waals surface area contributed by atoms with E-state index in [2.05, 4.69) is 15.5 Å². The predicted molar refractivity (Wildman–Crippen MR) is 110 cm³/mol. The smallest absolute Gasteiger partial charge is 0.241 e. The molecule has 3 rings (SSSR count). The van der Waals surface area contributed by atoms with Crippen molar-refractivity contribution in [3.8, 4) is 5.75 Å². The molecule has 1 aliphatic heterocycles. The van der Waals surface area contributed by atoms with Crippen LogP contribution < -0.4 is 15.4 Å². The maximum atomic E-state index is 12.6. The number of nitrogens with one attached hydrogen (secondary N) is 2. The van der Waals surface area contributed by atoms with E-state index in [1.165, 1.54) is 0 Å². The van der Waals surface area contributed by atoms with Gasteiger partial charge in [0.25, 0.3) is 0 Å². The summed E-state index contributed by atoms with van der Waals surface area (Å²) in [5, 5.41) is 5.91. The van der Waals surface area contributed by atoms with Crippen molar-refractivity contribution in [2.24, 2.45) is 5.92 Å². The molecule has 148 valence electrons. The number of ether oxygens (including phenoxy) is 1. The number of amides is 2. The minimum Gasteiger partial charge on any atom is -0.497 e. The molecule has 0 unspecified atom stereocenters. The molecule has 0 bridgehead atoms. The van der Waals surface area contributed by atoms with Gasteiger partial charge in [0, 0.05) is 17.9 Å². The van der Waals surface area contributed by atoms with Crippen molar-refractivity contribution in [3.05, 3.63) is 54.6 Å². The van der Waals surface area contributed by atoms with E-state index in [-0.39, 0.29) is 23.8 Å². The van der Waals surface area contributed by atoms with E-state index in [0.29, 0.717) is 6.54 Å². The summed E-state index contributed by atoms with van der Waals surface area (Å²) < 4.78 is 5.13. The van der Waals surface area contributed by atoms with Gasteiger partial charge in [0.15, 0.2) is 0 Å². The maximum Gasteiger partial charge on any atom is 0.241 e. The summed E-state index contributed by atoms with van der Waals surface area (Å²) in [7, 11) is 1.61. The first kappa shape index (κ1) is 19.9. The first-order valence-electron chi connectivity index (χ1n) is 9.61. The third-order valence-corrected chi connectivity index (χ3v) is 5.15. The van der Waals surface area contributed by atoms with E-state index in [1.54, 1.807) is 7.11 Å². The normalized spacial score (nSPS) is 18.1. The number of benzene rings is 2. The molecule has 6 heteroatoms. The Kier molecular flexibility index (Phi) is 6.66. The Bertz CT molecular complexity index is 792. The van der Waals surface area contributed by atoms with Gasteiger partial charge in [-0.3, -0.25) is 14.5 Å². The van der Waals surface area contributed by atoms with Gasteiger partial charge in [-0.2, -0.15) is 0 Å². The van der Waals surface area contributed by atoms with Crippen LogP contribution >= 0.6 is 0 Å². The lowest BCUT2D eigenvalue weighted by Crippen LogP contribution is -2.49. The van der Waals surface area contributed by atoms with Crippen molar-refractivity contribution >= 4 is 23.2 Å². The van der Waals surface area contributed by atoms with Crippen LogP contribution in [0.1, 0.15) is 19.8 Å². The highest BCUT2D eigenvalue weighted by Gasteiger charge is 2.30. The molecule has 0 saturated carbocycles. The Labute approximate surface area is 165 Å². The van der Waals surface area contributed by atoms with Crippen molar-refractivity contribution in [3.63, 3.8) is 0 Å². The topological polar surface area (TPSA) is 70.7 Å². The van der Waals surface area contributed by atoms with Crippen molar-refractivity contribution in [1.29, 1.82) is 0 Å². The molecule has 2 atom stereocenters. The first-order valence-corrected chi connectivity index (χ1v) is 9.61. The fraction of sp³-hybridized carbons (Fsp3) is 0.364. The van der Waals surface area contributed by atoms with Crippen molar-refractivity contribution in [2.75, 3.05) is 30.8 Å². The SMILES string of the molecule is COc1ccc(NC(=O)[C@@H](C)N2CCC[C@H](C(=O)Nc3ccccc3)C2)cc1. The number of carbonyl (C=O) groups is 2. The summed E-state index contributed by atoms with van der Waals surface area (Å²) in [6, 6.07) is 16.4. The number of carbonyl (C=O) groups excluding carboxylic acids is 2. The number of likely N-dealkylation sites (tertiary alicyclic amines) is 1. The van der Waals surface area contributed by atoms with Gasteiger partial charge in [0.2, 0.25) is 11.8 Å². The molecular weight excluding hydrogens is 354 g/mol. The average Bonchev–Trinajstić information content (AvgIpc) is 2.74. The molecule has 28 heavy (non-hydrogen) atoms. The standard InChI is InChI=1S/C22H27N3O3/c1-16(21(26)23-19-10-12-20(28-2)13-11-19)25-14-6-7-17(15-25)22(27)24-18-8-4-3-5-9-18/h3-5,8-13,16-17H,6-7,14-15H2,1-2H3,(H,23,26)(H,24,27)/t16-,17+/m1/s1. The van der Waals surface area contributed by atoms with E-state index in [1.807, 2.05) is 61.5 Å². The summed E-state index contributed by atoms with van der Waals surface area (Å²) >= 11 is 0. The summed E-state index contributed by atoms with van der Waals surface area (Å²) in [5.41, 5.74) is 1.53. The molecule has 0 aliphatic carbocycles. The zero-order valence-electron chi connectivity index (χ0n) is 16.4. The predicted octanol–water partition coefficient (Wildman–Crippen LogP) is 3.37. The molecule has 2 aromatic rings. The van der Waals surface area contributed by atoms with Gasteiger partial charge in [0.1, 0.15) is 5.75 Å². The lowest BCUT2D eigenvalue weighted by atomic mass is 9.95. The van der Waals surface area contributed by atoms with Gasteiger partial charge in [-0.25, -0.2) is 0 Å². The molecule has 0 spiro atoms. The highest BCUT2D eigenvalue weighted by molar-refractivity contribution is 5.95. The Morgan fingerprint density at radius 3 is 2.39 bits per heavy atom. The molecule has 0 radical (unpaired) electrons. The summed E-state index contributed by atoms with van der Waals surface area (Å²) in [5.74, 6) is 0.562. The van der Waals surface area contributed by atoms with Gasteiger partial charge in [-0.05, 0) is 62.7 Å². The largest absolute Gasteiger partial charge is 0.497 e. The average molecular weight is 381 g/mol. The van der Waals surface area contributed by atoms with Gasteiger partial charge < -0.3 is 15.4 Å². The van der Waals surface area contributed by atoms with E-state index in [0.717, 1.165) is 36.5 Å². The minimum absolute atomic E-state index is 0.0127. The van der Waals surface area contributed by atoms with Crippen LogP contribution in [-0.4, -0.2) is 43.0 Å². The van der Waals surface area contributed by atoms with Crippen LogP contribution in [0.3, 0.4) is 0 Å². The number of anilines is 2. The van der Waals surface area contributed by atoms with Crippen LogP contribution in [0, 0.1) is 5.92 Å². The third-order valence-electron chi connectivity index (χ3n) is 5.15. The van der Waals surface area contributed by atoms with Crippen LogP contribution in [0.5, 0.6) is 5.75 Å². The van der Waals surface area contributed by atoms with Crippen molar-refractivity contribution < 1.29 is 14.3 Å². The maximum absolute atomic E-state index is 12.6. The zero-order chi connectivity index (χ0) is 19.9. The molecule has 2 aromatic carbocycles. The van der Waals surface area contributed by atoms with E-state index in [9.17, 15) is 9.59 Å². The van der Waals surface area contributed by atoms with Crippen LogP contribution in [-0.2, 0) is 9.59 Å². The molecule has 6 nitrogen and oxygen atoms in total. The highest BCUT2D eigenvalue weighted by Crippen LogP contribution is 2.22. The molecule has 1 aliphatic rings. The lowest BCUT2D eigenvalue weighted by molar-refractivity contribution is -0.125. The monoisotopic (exact) mass is 381 g/mol.